The molecule has 1 nitrogen and oxygen atoms in total. The minimum Gasteiger partial charge on any atom is -0.306 e. The summed E-state index contributed by atoms with van der Waals surface area (Å²) in [5, 5.41) is 3.67. The average Bonchev–Trinajstić information content (AvgIpc) is 2.61. The molecule has 1 aromatic heterocycles. The number of hydrogen-bond acceptors (Lipinski definition) is 2. The summed E-state index contributed by atoms with van der Waals surface area (Å²) in [5.74, 6) is 0. The number of rotatable bonds is 6. The largest absolute Gasteiger partial charge is 0.306 e. The first-order valence-corrected chi connectivity index (χ1v) is 7.74. The Morgan fingerprint density at radius 3 is 2.25 bits per heavy atom. The van der Waals surface area contributed by atoms with E-state index in [2.05, 4.69) is 48.1 Å². The van der Waals surface area contributed by atoms with Gasteiger partial charge in [0.1, 0.15) is 4.34 Å². The number of nitrogens with one attached hydrogen (secondary N) is 1. The molecule has 1 aromatic rings. The molecule has 0 radical (unpaired) electrons. The van der Waals surface area contributed by atoms with Gasteiger partial charge in [-0.3, -0.25) is 0 Å². The molecule has 0 saturated heterocycles. The molecule has 0 unspecified atom stereocenters. The van der Waals surface area contributed by atoms with E-state index in [1.807, 2.05) is 0 Å². The van der Waals surface area contributed by atoms with Crippen LogP contribution >= 0.6 is 38.9 Å². The number of thiophene rings is 1. The lowest BCUT2D eigenvalue weighted by atomic mass is 9.90. The second kappa shape index (κ2) is 6.39. The topological polar surface area (TPSA) is 12.0 Å². The second-order valence-electron chi connectivity index (χ2n) is 4.03. The second-order valence-corrected chi connectivity index (χ2v) is 6.62. The zero-order chi connectivity index (χ0) is 12.2. The predicted octanol–water partition coefficient (Wildman–Crippen LogP) is 5.22. The van der Waals surface area contributed by atoms with Gasteiger partial charge in [-0.2, -0.15) is 0 Å². The molecule has 0 spiro atoms. The lowest BCUT2D eigenvalue weighted by molar-refractivity contribution is 0.289. The van der Waals surface area contributed by atoms with Gasteiger partial charge in [0.25, 0.3) is 0 Å². The van der Waals surface area contributed by atoms with E-state index >= 15 is 0 Å². The lowest BCUT2D eigenvalue weighted by Crippen LogP contribution is -2.42. The molecular formula is C12H19BrClNS. The third-order valence-electron chi connectivity index (χ3n) is 3.36. The van der Waals surface area contributed by atoms with Gasteiger partial charge in [0.05, 0.1) is 0 Å². The van der Waals surface area contributed by atoms with E-state index < -0.39 is 0 Å². The van der Waals surface area contributed by atoms with Crippen LogP contribution in [0, 0.1) is 0 Å². The Morgan fingerprint density at radius 1 is 1.31 bits per heavy atom. The van der Waals surface area contributed by atoms with Crippen molar-refractivity contribution >= 4 is 38.9 Å². The fourth-order valence-electron chi connectivity index (χ4n) is 1.88. The van der Waals surface area contributed by atoms with E-state index in [1.54, 1.807) is 11.3 Å². The van der Waals surface area contributed by atoms with Gasteiger partial charge < -0.3 is 5.32 Å². The molecule has 1 heterocycles. The summed E-state index contributed by atoms with van der Waals surface area (Å²) in [6, 6.07) is 2.10. The molecule has 0 saturated carbocycles. The summed E-state index contributed by atoms with van der Waals surface area (Å²) < 4.78 is 1.85. The van der Waals surface area contributed by atoms with Crippen molar-refractivity contribution in [2.45, 2.75) is 52.1 Å². The van der Waals surface area contributed by atoms with Crippen molar-refractivity contribution in [3.8, 4) is 0 Å². The van der Waals surface area contributed by atoms with E-state index in [4.69, 9.17) is 11.6 Å². The molecule has 0 aliphatic rings. The fraction of sp³-hybridized carbons (Fsp3) is 0.667. The Morgan fingerprint density at radius 2 is 1.88 bits per heavy atom. The Hall–Kier alpha value is 0.430. The van der Waals surface area contributed by atoms with Crippen LogP contribution in [-0.4, -0.2) is 5.54 Å². The molecule has 4 heteroatoms. The van der Waals surface area contributed by atoms with E-state index in [9.17, 15) is 0 Å². The maximum absolute atomic E-state index is 6.02. The van der Waals surface area contributed by atoms with Crippen LogP contribution in [0.5, 0.6) is 0 Å². The standard InChI is InChI=1S/C12H19BrClNS/c1-4-12(5-2,6-3)15-8-9-7-10(13)11(14)16-9/h7,15H,4-6,8H2,1-3H3. The molecule has 0 amide bonds. The van der Waals surface area contributed by atoms with Crippen LogP contribution < -0.4 is 5.32 Å². The maximum atomic E-state index is 6.02. The van der Waals surface area contributed by atoms with Crippen LogP contribution in [0.4, 0.5) is 0 Å². The molecule has 1 rings (SSSR count). The summed E-state index contributed by atoms with van der Waals surface area (Å²) >= 11 is 11.1. The highest BCUT2D eigenvalue weighted by Gasteiger charge is 2.22. The SMILES string of the molecule is CCC(CC)(CC)NCc1cc(Br)c(Cl)s1. The van der Waals surface area contributed by atoms with Crippen LogP contribution in [0.3, 0.4) is 0 Å². The minimum atomic E-state index is 0.281. The fourth-order valence-corrected chi connectivity index (χ4v) is 3.61. The van der Waals surface area contributed by atoms with E-state index in [0.29, 0.717) is 0 Å². The van der Waals surface area contributed by atoms with Crippen molar-refractivity contribution in [3.63, 3.8) is 0 Å². The van der Waals surface area contributed by atoms with Gasteiger partial charge in [0, 0.05) is 21.4 Å². The molecule has 0 atom stereocenters. The van der Waals surface area contributed by atoms with Gasteiger partial charge in [0.15, 0.2) is 0 Å². The van der Waals surface area contributed by atoms with Crippen LogP contribution in [0.1, 0.15) is 44.9 Å². The van der Waals surface area contributed by atoms with Gasteiger partial charge in [-0.05, 0) is 41.3 Å². The zero-order valence-corrected chi connectivity index (χ0v) is 13.2. The van der Waals surface area contributed by atoms with Crippen molar-refractivity contribution < 1.29 is 0 Å². The monoisotopic (exact) mass is 323 g/mol. The Kier molecular flexibility index (Phi) is 5.78. The van der Waals surface area contributed by atoms with Crippen molar-refractivity contribution in [1.29, 1.82) is 0 Å². The predicted molar refractivity (Wildman–Crippen MR) is 77.5 cm³/mol. The molecule has 0 aromatic carbocycles. The molecule has 16 heavy (non-hydrogen) atoms. The normalized spacial score (nSPS) is 12.1. The van der Waals surface area contributed by atoms with Crippen LogP contribution in [0.15, 0.2) is 10.5 Å². The quantitative estimate of drug-likeness (QED) is 0.756. The van der Waals surface area contributed by atoms with Gasteiger partial charge in [-0.1, -0.05) is 32.4 Å². The Labute approximate surface area is 116 Å². The zero-order valence-electron chi connectivity index (χ0n) is 10.1. The summed E-state index contributed by atoms with van der Waals surface area (Å²) in [6.45, 7) is 7.65. The molecule has 92 valence electrons. The third-order valence-corrected chi connectivity index (χ3v) is 5.84. The van der Waals surface area contributed by atoms with Crippen LogP contribution in [0.2, 0.25) is 4.34 Å². The minimum absolute atomic E-state index is 0.281. The molecule has 0 fully saturated rings. The van der Waals surface area contributed by atoms with Crippen molar-refractivity contribution in [2.24, 2.45) is 0 Å². The van der Waals surface area contributed by atoms with Gasteiger partial charge in [-0.25, -0.2) is 0 Å². The first kappa shape index (κ1) is 14.5. The van der Waals surface area contributed by atoms with Gasteiger partial charge in [-0.15, -0.1) is 11.3 Å². The Balaban J connectivity index is 2.62. The van der Waals surface area contributed by atoms with E-state index in [-0.39, 0.29) is 5.54 Å². The highest BCUT2D eigenvalue weighted by molar-refractivity contribution is 9.10. The first-order chi connectivity index (χ1) is 7.56. The lowest BCUT2D eigenvalue weighted by Gasteiger charge is -2.31. The summed E-state index contributed by atoms with van der Waals surface area (Å²) in [5.41, 5.74) is 0.281. The van der Waals surface area contributed by atoms with Crippen molar-refractivity contribution in [2.75, 3.05) is 0 Å². The molecular weight excluding hydrogens is 306 g/mol. The highest BCUT2D eigenvalue weighted by Crippen LogP contribution is 2.32. The third kappa shape index (κ3) is 3.46. The van der Waals surface area contributed by atoms with Crippen molar-refractivity contribution in [3.05, 3.63) is 19.8 Å². The molecule has 1 N–H and O–H groups in total. The number of hydrogen-bond donors (Lipinski definition) is 1. The van der Waals surface area contributed by atoms with E-state index in [0.717, 1.165) is 15.4 Å². The highest BCUT2D eigenvalue weighted by atomic mass is 79.9. The molecule has 0 aliphatic carbocycles. The summed E-state index contributed by atoms with van der Waals surface area (Å²) in [6.07, 6.45) is 3.50. The first-order valence-electron chi connectivity index (χ1n) is 5.75. The van der Waals surface area contributed by atoms with E-state index in [1.165, 1.54) is 24.1 Å². The molecule has 0 aliphatic heterocycles. The Bertz CT molecular complexity index is 306. The van der Waals surface area contributed by atoms with Crippen LogP contribution in [-0.2, 0) is 6.54 Å². The summed E-state index contributed by atoms with van der Waals surface area (Å²) in [4.78, 5) is 1.29. The number of halogens is 2. The van der Waals surface area contributed by atoms with Gasteiger partial charge in [0.2, 0.25) is 0 Å². The van der Waals surface area contributed by atoms with Crippen molar-refractivity contribution in [1.82, 2.24) is 5.32 Å². The van der Waals surface area contributed by atoms with Crippen LogP contribution in [0.25, 0.3) is 0 Å². The average molecular weight is 325 g/mol. The van der Waals surface area contributed by atoms with Gasteiger partial charge >= 0.3 is 0 Å². The summed E-state index contributed by atoms with van der Waals surface area (Å²) in [7, 11) is 0. The smallest absolute Gasteiger partial charge is 0.107 e. The maximum Gasteiger partial charge on any atom is 0.107 e. The molecule has 0 bridgehead atoms.